The molecule has 4 aromatic carbocycles. The van der Waals surface area contributed by atoms with Crippen LogP contribution in [0.15, 0.2) is 131 Å². The average Bonchev–Trinajstić information content (AvgIpc) is 3.63. The molecule has 1 saturated heterocycles. The number of pyridine rings is 1. The van der Waals surface area contributed by atoms with Crippen molar-refractivity contribution in [2.24, 2.45) is 5.73 Å². The number of nitrogens with one attached hydrogen (secondary N) is 1. The molecule has 1 aliphatic heterocycles. The van der Waals surface area contributed by atoms with Crippen LogP contribution in [0.5, 0.6) is 11.5 Å². The summed E-state index contributed by atoms with van der Waals surface area (Å²) >= 11 is 0. The van der Waals surface area contributed by atoms with Gasteiger partial charge >= 0.3 is 0 Å². The summed E-state index contributed by atoms with van der Waals surface area (Å²) in [5, 5.41) is 12.4. The van der Waals surface area contributed by atoms with E-state index in [0.29, 0.717) is 24.5 Å². The molecule has 0 spiro atoms. The Labute approximate surface area is 315 Å². The van der Waals surface area contributed by atoms with E-state index in [-0.39, 0.29) is 21.7 Å². The molecule has 54 heavy (non-hydrogen) atoms. The van der Waals surface area contributed by atoms with E-state index in [1.165, 1.54) is 24.3 Å². The highest BCUT2D eigenvalue weighted by Gasteiger charge is 2.31. The maximum atomic E-state index is 12.6. The normalized spacial score (nSPS) is 14.3. The first-order chi connectivity index (χ1) is 25.6. The van der Waals surface area contributed by atoms with Gasteiger partial charge in [0.25, 0.3) is 20.2 Å². The summed E-state index contributed by atoms with van der Waals surface area (Å²) in [7, 11) is -8.04. The lowest BCUT2D eigenvalue weighted by Gasteiger charge is -2.23. The van der Waals surface area contributed by atoms with Crippen LogP contribution in [0.2, 0.25) is 0 Å². The monoisotopic (exact) mass is 771 g/mol. The minimum absolute atomic E-state index is 0.0666. The van der Waals surface area contributed by atoms with E-state index in [0.717, 1.165) is 41.0 Å². The lowest BCUT2D eigenvalue weighted by atomic mass is 10.0. The van der Waals surface area contributed by atoms with Crippen LogP contribution in [-0.2, 0) is 31.5 Å². The number of nitrogens with two attached hydrogens (primary N) is 1. The van der Waals surface area contributed by atoms with Crippen molar-refractivity contribution >= 4 is 37.6 Å². The molecular weight excluding hydrogens is 731 g/mol. The number of hydrogen-bond acceptors (Lipinski definition) is 10. The third kappa shape index (κ3) is 12.8. The number of likely N-dealkylation sites (tertiary alicyclic amines) is 1. The first kappa shape index (κ1) is 41.1. The zero-order valence-corrected chi connectivity index (χ0v) is 31.2. The Kier molecular flexibility index (Phi) is 14.4. The predicted molar refractivity (Wildman–Crippen MR) is 204 cm³/mol. The van der Waals surface area contributed by atoms with E-state index >= 15 is 0 Å². The number of carbonyl (C=O) groups excluding carboxylic acids is 1. The predicted octanol–water partition coefficient (Wildman–Crippen LogP) is 6.49. The minimum atomic E-state index is -4.02. The van der Waals surface area contributed by atoms with Gasteiger partial charge in [0.1, 0.15) is 23.4 Å². The van der Waals surface area contributed by atoms with E-state index in [1.54, 1.807) is 35.4 Å². The van der Waals surface area contributed by atoms with Gasteiger partial charge in [-0.3, -0.25) is 13.9 Å². The number of rotatable bonds is 9. The van der Waals surface area contributed by atoms with E-state index in [9.17, 15) is 26.9 Å². The Morgan fingerprint density at radius 3 is 1.83 bits per heavy atom. The fourth-order valence-electron chi connectivity index (χ4n) is 5.16. The Morgan fingerprint density at radius 1 is 0.852 bits per heavy atom. The van der Waals surface area contributed by atoms with Crippen molar-refractivity contribution in [1.82, 2.24) is 9.88 Å². The lowest BCUT2D eigenvalue weighted by Crippen LogP contribution is -2.46. The van der Waals surface area contributed by atoms with Gasteiger partial charge in [0, 0.05) is 18.4 Å². The van der Waals surface area contributed by atoms with Crippen LogP contribution in [0.1, 0.15) is 29.5 Å². The number of aryl methyl sites for hydroxylation is 2. The maximum absolute atomic E-state index is 12.6. The van der Waals surface area contributed by atoms with Crippen LogP contribution in [0, 0.1) is 25.2 Å². The Hall–Kier alpha value is -5.63. The van der Waals surface area contributed by atoms with Crippen molar-refractivity contribution in [1.29, 1.82) is 5.26 Å². The number of ether oxygens (including phenoxy) is 1. The summed E-state index contributed by atoms with van der Waals surface area (Å²) in [4.78, 5) is 18.3. The van der Waals surface area contributed by atoms with Crippen LogP contribution in [0.25, 0.3) is 0 Å². The van der Waals surface area contributed by atoms with Crippen LogP contribution < -0.4 is 15.8 Å². The SMILES string of the molecule is Cc1ccc(S(=O)(=O)O)cc1.Cc1ccc(S(=O)(=O)O)cc1.N#C[C@@H]1CCCN1C(=O)[C@@H](N)Cc1ccc(Oc2ccc(Nc3ccccn3)cc2)cc1. The van der Waals surface area contributed by atoms with Gasteiger partial charge in [-0.25, -0.2) is 4.98 Å². The fourth-order valence-corrected chi connectivity index (χ4v) is 6.12. The highest BCUT2D eigenvalue weighted by molar-refractivity contribution is 7.86. The number of nitrogens with zero attached hydrogens (tertiary/aromatic N) is 3. The molecule has 2 atom stereocenters. The van der Waals surface area contributed by atoms with Gasteiger partial charge in [-0.15, -0.1) is 0 Å². The molecule has 282 valence electrons. The number of carbonyl (C=O) groups is 1. The highest BCUT2D eigenvalue weighted by atomic mass is 32.2. The topological polar surface area (TPSA) is 213 Å². The summed E-state index contributed by atoms with van der Waals surface area (Å²) in [6.07, 6.45) is 3.73. The first-order valence-corrected chi connectivity index (χ1v) is 19.6. The van der Waals surface area contributed by atoms with Crippen molar-refractivity contribution in [3.05, 3.63) is 138 Å². The molecular formula is C39H41N5O8S2. The maximum Gasteiger partial charge on any atom is 0.294 e. The molecule has 5 N–H and O–H groups in total. The first-order valence-electron chi connectivity index (χ1n) is 16.7. The number of amides is 1. The van der Waals surface area contributed by atoms with Crippen molar-refractivity contribution in [2.75, 3.05) is 11.9 Å². The number of benzene rings is 4. The summed E-state index contributed by atoms with van der Waals surface area (Å²) in [6.45, 7) is 4.29. The number of hydrogen-bond donors (Lipinski definition) is 4. The molecule has 1 aliphatic rings. The molecule has 0 bridgehead atoms. The molecule has 1 amide bonds. The number of nitriles is 1. The third-order valence-corrected chi connectivity index (χ3v) is 9.78. The summed E-state index contributed by atoms with van der Waals surface area (Å²) in [6, 6.07) is 34.0. The van der Waals surface area contributed by atoms with Gasteiger partial charge < -0.3 is 20.7 Å². The zero-order valence-electron chi connectivity index (χ0n) is 29.6. The highest BCUT2D eigenvalue weighted by Crippen LogP contribution is 2.25. The summed E-state index contributed by atoms with van der Waals surface area (Å²) < 4.78 is 65.0. The molecule has 0 saturated carbocycles. The fraction of sp³-hybridized carbons (Fsp3) is 0.205. The molecule has 0 radical (unpaired) electrons. The molecule has 1 aromatic heterocycles. The summed E-state index contributed by atoms with van der Waals surface area (Å²) in [5.41, 5.74) is 9.91. The Morgan fingerprint density at radius 2 is 1.37 bits per heavy atom. The van der Waals surface area contributed by atoms with Gasteiger partial charge in [-0.05, 0) is 111 Å². The Bertz CT molecular complexity index is 2160. The third-order valence-electron chi connectivity index (χ3n) is 8.05. The molecule has 0 aliphatic carbocycles. The van der Waals surface area contributed by atoms with Crippen molar-refractivity contribution in [2.45, 2.75) is 55.0 Å². The van der Waals surface area contributed by atoms with Crippen molar-refractivity contribution < 1.29 is 35.5 Å². The van der Waals surface area contributed by atoms with Gasteiger partial charge in [0.15, 0.2) is 0 Å². The molecule has 6 rings (SSSR count). The lowest BCUT2D eigenvalue weighted by molar-refractivity contribution is -0.132. The van der Waals surface area contributed by atoms with Gasteiger partial charge in [0.2, 0.25) is 5.91 Å². The van der Waals surface area contributed by atoms with E-state index < -0.39 is 26.3 Å². The van der Waals surface area contributed by atoms with Crippen LogP contribution in [0.3, 0.4) is 0 Å². The smallest absolute Gasteiger partial charge is 0.294 e. The average molecular weight is 772 g/mol. The second kappa shape index (κ2) is 18.9. The molecule has 1 fully saturated rings. The van der Waals surface area contributed by atoms with Crippen molar-refractivity contribution in [3.8, 4) is 17.6 Å². The zero-order chi connectivity index (χ0) is 39.3. The van der Waals surface area contributed by atoms with E-state index in [4.69, 9.17) is 19.6 Å². The van der Waals surface area contributed by atoms with Gasteiger partial charge in [-0.2, -0.15) is 22.1 Å². The number of aromatic nitrogens is 1. The molecule has 0 unspecified atom stereocenters. The largest absolute Gasteiger partial charge is 0.457 e. The van der Waals surface area contributed by atoms with E-state index in [2.05, 4.69) is 16.4 Å². The molecule has 13 nitrogen and oxygen atoms in total. The standard InChI is InChI=1S/C25H25N5O2.2C7H8O3S/c26-17-20-4-3-15-30(20)25(31)23(27)16-18-6-10-21(11-7-18)32-22-12-8-19(9-13-22)29-24-5-1-2-14-28-24;2*1-6-2-4-7(5-3-6)11(8,9)10/h1-2,5-14,20,23H,3-4,15-16,27H2,(H,28,29);2*2-5H,1H3,(H,8,9,10)/t20-,23-;;/m0../s1. The van der Waals surface area contributed by atoms with Crippen LogP contribution in [-0.4, -0.2) is 60.4 Å². The second-order valence-corrected chi connectivity index (χ2v) is 15.2. The molecule has 2 heterocycles. The van der Waals surface area contributed by atoms with Gasteiger partial charge in [0.05, 0.1) is 21.9 Å². The van der Waals surface area contributed by atoms with Crippen LogP contribution >= 0.6 is 0 Å². The number of anilines is 2. The quantitative estimate of drug-likeness (QED) is 0.119. The van der Waals surface area contributed by atoms with E-state index in [1.807, 2.05) is 80.6 Å². The molecule has 15 heteroatoms. The van der Waals surface area contributed by atoms with Gasteiger partial charge in [-0.1, -0.05) is 53.6 Å². The molecule has 5 aromatic rings. The van der Waals surface area contributed by atoms with Crippen LogP contribution in [0.4, 0.5) is 11.5 Å². The Balaban J connectivity index is 0.000000240. The van der Waals surface area contributed by atoms with Crippen molar-refractivity contribution in [3.63, 3.8) is 0 Å². The minimum Gasteiger partial charge on any atom is -0.457 e. The summed E-state index contributed by atoms with van der Waals surface area (Å²) in [5.74, 6) is 2.03. The second-order valence-electron chi connectivity index (χ2n) is 12.3.